The van der Waals surface area contributed by atoms with Crippen LogP contribution in [0.4, 0.5) is 5.82 Å². The van der Waals surface area contributed by atoms with Gasteiger partial charge in [-0.3, -0.25) is 0 Å². The number of hydrogen-bond acceptors (Lipinski definition) is 2. The van der Waals surface area contributed by atoms with Gasteiger partial charge in [0.15, 0.2) is 0 Å². The molecule has 0 aliphatic heterocycles. The lowest BCUT2D eigenvalue weighted by molar-refractivity contribution is 0.355. The third kappa shape index (κ3) is 2.63. The van der Waals surface area contributed by atoms with E-state index in [0.29, 0.717) is 6.54 Å². The standard InChI is InChI=1S/C14H21N3/c1-3-9-17-11(2)16-13(14(17)15)10-12-7-5-4-6-8-12/h1,12H,4-10,15H2,2H3. The van der Waals surface area contributed by atoms with Crippen LogP contribution in [0.2, 0.25) is 0 Å². The van der Waals surface area contributed by atoms with Crippen molar-refractivity contribution in [2.75, 3.05) is 5.73 Å². The van der Waals surface area contributed by atoms with Crippen molar-refractivity contribution in [3.63, 3.8) is 0 Å². The molecule has 1 fully saturated rings. The van der Waals surface area contributed by atoms with E-state index >= 15 is 0 Å². The number of nitrogens with two attached hydrogens (primary N) is 1. The van der Waals surface area contributed by atoms with Gasteiger partial charge in [0.25, 0.3) is 0 Å². The zero-order chi connectivity index (χ0) is 12.3. The van der Waals surface area contributed by atoms with Crippen molar-refractivity contribution in [1.82, 2.24) is 9.55 Å². The van der Waals surface area contributed by atoms with Gasteiger partial charge in [0.05, 0.1) is 12.2 Å². The van der Waals surface area contributed by atoms with E-state index in [-0.39, 0.29) is 0 Å². The first kappa shape index (κ1) is 12.0. The van der Waals surface area contributed by atoms with Crippen molar-refractivity contribution in [3.05, 3.63) is 11.5 Å². The van der Waals surface area contributed by atoms with E-state index in [2.05, 4.69) is 10.9 Å². The highest BCUT2D eigenvalue weighted by Gasteiger charge is 2.18. The first-order valence-corrected chi connectivity index (χ1v) is 6.47. The minimum Gasteiger partial charge on any atom is -0.384 e. The number of terminal acetylenes is 1. The first-order chi connectivity index (χ1) is 8.22. The quantitative estimate of drug-likeness (QED) is 0.812. The number of nitrogens with zero attached hydrogens (tertiary/aromatic N) is 2. The Bertz CT molecular complexity index is 419. The van der Waals surface area contributed by atoms with Crippen LogP contribution in [0.15, 0.2) is 0 Å². The average molecular weight is 231 g/mol. The third-order valence-corrected chi connectivity index (χ3v) is 3.73. The van der Waals surface area contributed by atoms with Crippen LogP contribution < -0.4 is 5.73 Å². The second-order valence-corrected chi connectivity index (χ2v) is 4.99. The number of aryl methyl sites for hydroxylation is 1. The van der Waals surface area contributed by atoms with Crippen LogP contribution in [0.25, 0.3) is 0 Å². The predicted molar refractivity (Wildman–Crippen MR) is 70.5 cm³/mol. The monoisotopic (exact) mass is 231 g/mol. The lowest BCUT2D eigenvalue weighted by atomic mass is 9.86. The van der Waals surface area contributed by atoms with Crippen molar-refractivity contribution in [2.45, 2.75) is 52.0 Å². The van der Waals surface area contributed by atoms with Gasteiger partial charge in [-0.1, -0.05) is 38.0 Å². The van der Waals surface area contributed by atoms with Crippen molar-refractivity contribution >= 4 is 5.82 Å². The first-order valence-electron chi connectivity index (χ1n) is 6.47. The van der Waals surface area contributed by atoms with Gasteiger partial charge in [0.2, 0.25) is 0 Å². The molecule has 2 N–H and O–H groups in total. The Morgan fingerprint density at radius 3 is 2.76 bits per heavy atom. The molecule has 1 aromatic rings. The third-order valence-electron chi connectivity index (χ3n) is 3.73. The fourth-order valence-corrected chi connectivity index (χ4v) is 2.75. The molecule has 3 heteroatoms. The molecule has 0 radical (unpaired) electrons. The highest BCUT2D eigenvalue weighted by Crippen LogP contribution is 2.28. The van der Waals surface area contributed by atoms with Gasteiger partial charge in [-0.2, -0.15) is 0 Å². The summed E-state index contributed by atoms with van der Waals surface area (Å²) in [4.78, 5) is 4.57. The summed E-state index contributed by atoms with van der Waals surface area (Å²) in [6, 6.07) is 0. The van der Waals surface area contributed by atoms with E-state index < -0.39 is 0 Å². The maximum absolute atomic E-state index is 6.11. The molecule has 2 rings (SSSR count). The van der Waals surface area contributed by atoms with Gasteiger partial charge < -0.3 is 10.3 Å². The van der Waals surface area contributed by atoms with Crippen LogP contribution in [-0.2, 0) is 13.0 Å². The van der Waals surface area contributed by atoms with Crippen molar-refractivity contribution in [2.24, 2.45) is 5.92 Å². The molecule has 92 valence electrons. The summed E-state index contributed by atoms with van der Waals surface area (Å²) >= 11 is 0. The number of anilines is 1. The minimum absolute atomic E-state index is 0.523. The van der Waals surface area contributed by atoms with Gasteiger partial charge in [-0.15, -0.1) is 6.42 Å². The topological polar surface area (TPSA) is 43.8 Å². The van der Waals surface area contributed by atoms with E-state index in [9.17, 15) is 0 Å². The number of rotatable bonds is 3. The predicted octanol–water partition coefficient (Wildman–Crippen LogP) is 2.53. The number of hydrogen-bond donors (Lipinski definition) is 1. The molecule has 0 aromatic carbocycles. The Hall–Kier alpha value is -1.43. The van der Waals surface area contributed by atoms with Gasteiger partial charge in [0.1, 0.15) is 11.6 Å². The van der Waals surface area contributed by atoms with E-state index in [1.54, 1.807) is 0 Å². The molecule has 0 amide bonds. The van der Waals surface area contributed by atoms with Crippen molar-refractivity contribution < 1.29 is 0 Å². The SMILES string of the molecule is C#CCn1c(C)nc(CC2CCCCC2)c1N. The van der Waals surface area contributed by atoms with Gasteiger partial charge >= 0.3 is 0 Å². The van der Waals surface area contributed by atoms with Crippen LogP contribution in [0, 0.1) is 25.2 Å². The van der Waals surface area contributed by atoms with E-state index in [4.69, 9.17) is 12.2 Å². The molecule has 1 aliphatic rings. The lowest BCUT2D eigenvalue weighted by Gasteiger charge is -2.20. The largest absolute Gasteiger partial charge is 0.384 e. The summed E-state index contributed by atoms with van der Waals surface area (Å²) < 4.78 is 1.93. The molecule has 0 atom stereocenters. The van der Waals surface area contributed by atoms with Crippen LogP contribution in [0.3, 0.4) is 0 Å². The zero-order valence-corrected chi connectivity index (χ0v) is 10.6. The summed E-state index contributed by atoms with van der Waals surface area (Å²) in [6.07, 6.45) is 13.1. The smallest absolute Gasteiger partial charge is 0.127 e. The van der Waals surface area contributed by atoms with Crippen molar-refractivity contribution in [1.29, 1.82) is 0 Å². The van der Waals surface area contributed by atoms with Crippen LogP contribution in [-0.4, -0.2) is 9.55 Å². The van der Waals surface area contributed by atoms with Crippen LogP contribution in [0.1, 0.15) is 43.6 Å². The van der Waals surface area contributed by atoms with E-state index in [0.717, 1.165) is 29.7 Å². The Morgan fingerprint density at radius 1 is 1.41 bits per heavy atom. The highest BCUT2D eigenvalue weighted by molar-refractivity contribution is 5.39. The van der Waals surface area contributed by atoms with Gasteiger partial charge in [-0.25, -0.2) is 4.98 Å². The molecule has 0 saturated heterocycles. The summed E-state index contributed by atoms with van der Waals surface area (Å²) in [6.45, 7) is 2.49. The molecular formula is C14H21N3. The van der Waals surface area contributed by atoms with Gasteiger partial charge in [0, 0.05) is 0 Å². The molecule has 1 aromatic heterocycles. The zero-order valence-electron chi connectivity index (χ0n) is 10.6. The Balaban J connectivity index is 2.10. The molecule has 0 spiro atoms. The van der Waals surface area contributed by atoms with Crippen LogP contribution in [0.5, 0.6) is 0 Å². The number of aromatic nitrogens is 2. The second kappa shape index (κ2) is 5.27. The van der Waals surface area contributed by atoms with Crippen LogP contribution >= 0.6 is 0 Å². The number of imidazole rings is 1. The highest BCUT2D eigenvalue weighted by atomic mass is 15.1. The van der Waals surface area contributed by atoms with E-state index in [1.165, 1.54) is 32.1 Å². The molecule has 1 aliphatic carbocycles. The average Bonchev–Trinajstić information content (AvgIpc) is 2.59. The number of nitrogen functional groups attached to an aromatic ring is 1. The minimum atomic E-state index is 0.523. The Morgan fingerprint density at radius 2 is 2.12 bits per heavy atom. The van der Waals surface area contributed by atoms with Crippen molar-refractivity contribution in [3.8, 4) is 12.3 Å². The summed E-state index contributed by atoms with van der Waals surface area (Å²) in [5.74, 6) is 5.09. The molecule has 0 bridgehead atoms. The normalized spacial score (nSPS) is 16.9. The summed E-state index contributed by atoms with van der Waals surface area (Å²) in [5.41, 5.74) is 7.16. The Labute approximate surface area is 103 Å². The fraction of sp³-hybridized carbons (Fsp3) is 0.643. The molecule has 1 heterocycles. The molecule has 3 nitrogen and oxygen atoms in total. The molecule has 1 saturated carbocycles. The Kier molecular flexibility index (Phi) is 3.73. The maximum Gasteiger partial charge on any atom is 0.127 e. The maximum atomic E-state index is 6.11. The van der Waals surface area contributed by atoms with E-state index in [1.807, 2.05) is 11.5 Å². The summed E-state index contributed by atoms with van der Waals surface area (Å²) in [7, 11) is 0. The molecule has 0 unspecified atom stereocenters. The molecule has 17 heavy (non-hydrogen) atoms. The summed E-state index contributed by atoms with van der Waals surface area (Å²) in [5, 5.41) is 0. The fourth-order valence-electron chi connectivity index (χ4n) is 2.75. The molecular weight excluding hydrogens is 210 g/mol. The lowest BCUT2D eigenvalue weighted by Crippen LogP contribution is -2.11. The van der Waals surface area contributed by atoms with Gasteiger partial charge in [-0.05, 0) is 19.3 Å². The second-order valence-electron chi connectivity index (χ2n) is 4.99.